The first-order chi connectivity index (χ1) is 4.63. The predicted molar refractivity (Wildman–Crippen MR) is 48.5 cm³/mol. The second-order valence-electron chi connectivity index (χ2n) is 2.68. The van der Waals surface area contributed by atoms with Gasteiger partial charge in [-0.1, -0.05) is 17.3 Å². The SMILES string of the molecule is Cc1ccc([Si])c(C)c1C.F. The Hall–Kier alpha value is -0.633. The molecule has 0 fully saturated rings. The van der Waals surface area contributed by atoms with Gasteiger partial charge in [-0.05, 0) is 37.5 Å². The van der Waals surface area contributed by atoms with Crippen molar-refractivity contribution in [2.75, 3.05) is 0 Å². The fourth-order valence-corrected chi connectivity index (χ4v) is 1.23. The molecule has 0 heterocycles. The van der Waals surface area contributed by atoms with E-state index in [1.807, 2.05) is 0 Å². The van der Waals surface area contributed by atoms with E-state index in [-0.39, 0.29) is 4.70 Å². The molecule has 1 aromatic carbocycles. The zero-order chi connectivity index (χ0) is 7.72. The van der Waals surface area contributed by atoms with E-state index in [2.05, 4.69) is 43.1 Å². The van der Waals surface area contributed by atoms with Crippen molar-refractivity contribution in [3.8, 4) is 0 Å². The maximum absolute atomic E-state index is 3.53. The molecule has 0 aromatic heterocycles. The first-order valence-corrected chi connectivity index (χ1v) is 3.91. The molecule has 0 atom stereocenters. The van der Waals surface area contributed by atoms with E-state index < -0.39 is 0 Å². The molecule has 0 nitrogen and oxygen atoms in total. The molecule has 0 aliphatic rings. The average Bonchev–Trinajstić information content (AvgIpc) is 1.93. The lowest BCUT2D eigenvalue weighted by atomic mass is 10.1. The molecule has 3 radical (unpaired) electrons. The lowest BCUT2D eigenvalue weighted by Gasteiger charge is -2.06. The summed E-state index contributed by atoms with van der Waals surface area (Å²) in [5, 5.41) is 1.20. The molecule has 0 aliphatic heterocycles. The van der Waals surface area contributed by atoms with Crippen molar-refractivity contribution in [1.82, 2.24) is 0 Å². The summed E-state index contributed by atoms with van der Waals surface area (Å²) in [6.45, 7) is 6.41. The maximum atomic E-state index is 3.53. The van der Waals surface area contributed by atoms with E-state index in [9.17, 15) is 0 Å². The minimum absolute atomic E-state index is 0. The quantitative estimate of drug-likeness (QED) is 0.514. The molecule has 0 spiro atoms. The number of hydrogen-bond acceptors (Lipinski definition) is 0. The van der Waals surface area contributed by atoms with Gasteiger partial charge in [0.1, 0.15) is 0 Å². The second kappa shape index (κ2) is 3.67. The van der Waals surface area contributed by atoms with Gasteiger partial charge in [-0.2, -0.15) is 0 Å². The fraction of sp³-hybridized carbons (Fsp3) is 0.333. The van der Waals surface area contributed by atoms with Crippen LogP contribution >= 0.6 is 0 Å². The van der Waals surface area contributed by atoms with Gasteiger partial charge in [0.15, 0.2) is 0 Å². The molecular weight excluding hydrogens is 155 g/mol. The Kier molecular flexibility index (Phi) is 3.46. The number of rotatable bonds is 0. The van der Waals surface area contributed by atoms with Gasteiger partial charge in [-0.15, -0.1) is 0 Å². The number of aryl methyl sites for hydroxylation is 1. The monoisotopic (exact) mass is 167 g/mol. The molecule has 0 aliphatic carbocycles. The highest BCUT2D eigenvalue weighted by Gasteiger charge is 1.97. The summed E-state index contributed by atoms with van der Waals surface area (Å²) < 4.78 is 0. The van der Waals surface area contributed by atoms with Gasteiger partial charge in [0.25, 0.3) is 0 Å². The van der Waals surface area contributed by atoms with E-state index in [0.29, 0.717) is 0 Å². The van der Waals surface area contributed by atoms with Gasteiger partial charge >= 0.3 is 0 Å². The summed E-state index contributed by atoms with van der Waals surface area (Å²) in [5.74, 6) is 0. The molecule has 0 N–H and O–H groups in total. The minimum atomic E-state index is 0. The lowest BCUT2D eigenvalue weighted by molar-refractivity contribution is 1.11. The topological polar surface area (TPSA) is 0 Å². The fourth-order valence-electron chi connectivity index (χ4n) is 0.956. The Balaban J connectivity index is 0.000001000. The number of halogens is 1. The Bertz CT molecular complexity index is 229. The molecule has 2 heteroatoms. The zero-order valence-corrected chi connectivity index (χ0v) is 8.06. The van der Waals surface area contributed by atoms with Crippen molar-refractivity contribution >= 4 is 15.4 Å². The summed E-state index contributed by atoms with van der Waals surface area (Å²) >= 11 is 0. The molecule has 0 bridgehead atoms. The summed E-state index contributed by atoms with van der Waals surface area (Å²) in [7, 11) is 3.53. The van der Waals surface area contributed by atoms with E-state index in [1.54, 1.807) is 0 Å². The molecule has 0 unspecified atom stereocenters. The highest BCUT2D eigenvalue weighted by Crippen LogP contribution is 2.07. The van der Waals surface area contributed by atoms with Crippen LogP contribution in [0.15, 0.2) is 12.1 Å². The van der Waals surface area contributed by atoms with Crippen LogP contribution in [0.4, 0.5) is 4.70 Å². The smallest absolute Gasteiger partial charge is 0.0715 e. The van der Waals surface area contributed by atoms with Gasteiger partial charge in [0, 0.05) is 0 Å². The van der Waals surface area contributed by atoms with Crippen LogP contribution in [-0.2, 0) is 0 Å². The third-order valence-corrected chi connectivity index (χ3v) is 2.60. The van der Waals surface area contributed by atoms with Crippen LogP contribution in [0.3, 0.4) is 0 Å². The highest BCUT2D eigenvalue weighted by atomic mass is 28.1. The summed E-state index contributed by atoms with van der Waals surface area (Å²) in [6, 6.07) is 4.22. The van der Waals surface area contributed by atoms with Gasteiger partial charge in [-0.25, -0.2) is 0 Å². The van der Waals surface area contributed by atoms with Crippen molar-refractivity contribution < 1.29 is 4.70 Å². The Morgan fingerprint density at radius 3 is 2.00 bits per heavy atom. The predicted octanol–water partition coefficient (Wildman–Crippen LogP) is 1.56. The normalized spacial score (nSPS) is 9.09. The molecule has 11 heavy (non-hydrogen) atoms. The van der Waals surface area contributed by atoms with Crippen LogP contribution < -0.4 is 5.19 Å². The van der Waals surface area contributed by atoms with E-state index in [1.165, 1.54) is 21.9 Å². The summed E-state index contributed by atoms with van der Waals surface area (Å²) in [4.78, 5) is 0. The Morgan fingerprint density at radius 2 is 1.55 bits per heavy atom. The van der Waals surface area contributed by atoms with Crippen LogP contribution in [0.5, 0.6) is 0 Å². The van der Waals surface area contributed by atoms with Crippen LogP contribution in [0.1, 0.15) is 16.7 Å². The van der Waals surface area contributed by atoms with Crippen molar-refractivity contribution in [2.45, 2.75) is 20.8 Å². The zero-order valence-electron chi connectivity index (χ0n) is 7.06. The molecule has 0 amide bonds. The average molecular weight is 167 g/mol. The molecule has 1 rings (SSSR count). The molecule has 59 valence electrons. The number of benzene rings is 1. The van der Waals surface area contributed by atoms with Crippen molar-refractivity contribution in [2.24, 2.45) is 0 Å². The van der Waals surface area contributed by atoms with Gasteiger partial charge in [0.2, 0.25) is 0 Å². The van der Waals surface area contributed by atoms with Crippen LogP contribution in [0.25, 0.3) is 0 Å². The third-order valence-electron chi connectivity index (χ3n) is 2.06. The van der Waals surface area contributed by atoms with Crippen LogP contribution in [0.2, 0.25) is 0 Å². The first kappa shape index (κ1) is 10.4. The highest BCUT2D eigenvalue weighted by molar-refractivity contribution is 6.33. The van der Waals surface area contributed by atoms with Crippen molar-refractivity contribution in [3.05, 3.63) is 28.8 Å². The summed E-state index contributed by atoms with van der Waals surface area (Å²) in [5.41, 5.74) is 4.09. The standard InChI is InChI=1S/C9H11Si.FH/c1-6-4-5-9(10)8(3)7(6)2;/h4-5H,1-3H3;1H. The van der Waals surface area contributed by atoms with E-state index in [0.717, 1.165) is 0 Å². The number of hydrogen-bond donors (Lipinski definition) is 0. The molecule has 1 aromatic rings. The van der Waals surface area contributed by atoms with Crippen molar-refractivity contribution in [1.29, 1.82) is 0 Å². The van der Waals surface area contributed by atoms with Gasteiger partial charge < -0.3 is 0 Å². The van der Waals surface area contributed by atoms with E-state index in [4.69, 9.17) is 0 Å². The lowest BCUT2D eigenvalue weighted by Crippen LogP contribution is -2.08. The summed E-state index contributed by atoms with van der Waals surface area (Å²) in [6.07, 6.45) is 0. The Labute approximate surface area is 70.4 Å². The molecule has 0 saturated heterocycles. The molecule has 0 saturated carbocycles. The second-order valence-corrected chi connectivity index (χ2v) is 3.22. The van der Waals surface area contributed by atoms with Crippen molar-refractivity contribution in [3.63, 3.8) is 0 Å². The van der Waals surface area contributed by atoms with Crippen LogP contribution in [0, 0.1) is 20.8 Å². The van der Waals surface area contributed by atoms with Gasteiger partial charge in [-0.3, -0.25) is 4.70 Å². The molecular formula is C9H12FSi. The van der Waals surface area contributed by atoms with Crippen LogP contribution in [-0.4, -0.2) is 10.2 Å². The largest absolute Gasteiger partial charge is 0.269 e. The Morgan fingerprint density at radius 1 is 1.00 bits per heavy atom. The van der Waals surface area contributed by atoms with E-state index >= 15 is 0 Å². The van der Waals surface area contributed by atoms with Gasteiger partial charge in [0.05, 0.1) is 10.2 Å². The third kappa shape index (κ3) is 1.90. The minimum Gasteiger partial charge on any atom is -0.269 e. The first-order valence-electron chi connectivity index (χ1n) is 3.41. The maximum Gasteiger partial charge on any atom is 0.0715 e.